The van der Waals surface area contributed by atoms with Gasteiger partial charge in [-0.3, -0.25) is 9.89 Å². The lowest BCUT2D eigenvalue weighted by atomic mass is 10.2. The van der Waals surface area contributed by atoms with Crippen LogP contribution in [0.3, 0.4) is 0 Å². The molecule has 0 aliphatic rings. The number of nitrogens with one attached hydrogen (secondary N) is 2. The summed E-state index contributed by atoms with van der Waals surface area (Å²) in [6.07, 6.45) is 1.65. The predicted molar refractivity (Wildman–Crippen MR) is 78.1 cm³/mol. The Kier molecular flexibility index (Phi) is 3.00. The summed E-state index contributed by atoms with van der Waals surface area (Å²) < 4.78 is 0.999. The van der Waals surface area contributed by atoms with E-state index in [-0.39, 0.29) is 5.91 Å². The Morgan fingerprint density at radius 1 is 1.42 bits per heavy atom. The number of fused-ring (bicyclic) bond motifs is 1. The highest BCUT2D eigenvalue weighted by Gasteiger charge is 2.17. The van der Waals surface area contributed by atoms with E-state index < -0.39 is 0 Å². The van der Waals surface area contributed by atoms with Crippen molar-refractivity contribution in [3.8, 4) is 0 Å². The average molecular weight is 292 g/mol. The molecule has 0 saturated carbocycles. The molecule has 1 aromatic carbocycles. The Morgan fingerprint density at radius 3 is 2.89 bits per heavy atom. The molecule has 0 bridgehead atoms. The molecular weight excluding hydrogens is 282 g/mol. The summed E-state index contributed by atoms with van der Waals surface area (Å²) in [6.45, 7) is 1.87. The van der Waals surface area contributed by atoms with Crippen LogP contribution in [-0.4, -0.2) is 16.1 Å². The van der Waals surface area contributed by atoms with E-state index in [2.05, 4.69) is 15.5 Å². The number of anilines is 1. The molecule has 0 saturated heterocycles. The van der Waals surface area contributed by atoms with Gasteiger partial charge in [-0.25, -0.2) is 0 Å². The number of aromatic amines is 1. The van der Waals surface area contributed by atoms with E-state index in [9.17, 15) is 4.79 Å². The summed E-state index contributed by atoms with van der Waals surface area (Å²) in [5.41, 5.74) is 0.880. The monoisotopic (exact) mass is 291 g/mol. The van der Waals surface area contributed by atoms with Gasteiger partial charge in [-0.15, -0.1) is 11.3 Å². The Hall–Kier alpha value is -1.85. The average Bonchev–Trinajstić information content (AvgIpc) is 2.95. The molecule has 19 heavy (non-hydrogen) atoms. The van der Waals surface area contributed by atoms with Crippen molar-refractivity contribution in [2.24, 2.45) is 0 Å². The van der Waals surface area contributed by atoms with Gasteiger partial charge in [0.2, 0.25) is 0 Å². The second-order valence-electron chi connectivity index (χ2n) is 4.12. The van der Waals surface area contributed by atoms with Crippen LogP contribution in [0.2, 0.25) is 5.02 Å². The van der Waals surface area contributed by atoms with E-state index in [1.165, 1.54) is 11.3 Å². The van der Waals surface area contributed by atoms with Crippen molar-refractivity contribution in [1.82, 2.24) is 10.2 Å². The van der Waals surface area contributed by atoms with Gasteiger partial charge in [0, 0.05) is 15.6 Å². The zero-order valence-electron chi connectivity index (χ0n) is 10.0. The number of aromatic nitrogens is 2. The summed E-state index contributed by atoms with van der Waals surface area (Å²) >= 11 is 7.64. The molecular formula is C13H10ClN3OS. The topological polar surface area (TPSA) is 57.8 Å². The van der Waals surface area contributed by atoms with Crippen molar-refractivity contribution in [2.75, 3.05) is 5.32 Å². The highest BCUT2D eigenvalue weighted by molar-refractivity contribution is 7.21. The largest absolute Gasteiger partial charge is 0.306 e. The first-order valence-corrected chi connectivity index (χ1v) is 6.84. The summed E-state index contributed by atoms with van der Waals surface area (Å²) in [5.74, 6) is 0.372. The van der Waals surface area contributed by atoms with Gasteiger partial charge in [0.05, 0.1) is 11.2 Å². The van der Waals surface area contributed by atoms with Gasteiger partial charge in [-0.2, -0.15) is 5.10 Å². The third-order valence-electron chi connectivity index (χ3n) is 2.81. The van der Waals surface area contributed by atoms with Crippen LogP contribution in [-0.2, 0) is 0 Å². The predicted octanol–water partition coefficient (Wildman–Crippen LogP) is 3.84. The molecule has 3 aromatic rings. The third kappa shape index (κ3) is 2.11. The molecule has 2 N–H and O–H groups in total. The van der Waals surface area contributed by atoms with Crippen LogP contribution in [0.5, 0.6) is 0 Å². The van der Waals surface area contributed by atoms with Gasteiger partial charge < -0.3 is 5.32 Å². The number of hydrogen-bond donors (Lipinski definition) is 2. The molecule has 2 heterocycles. The summed E-state index contributed by atoms with van der Waals surface area (Å²) in [5, 5.41) is 10.8. The quantitative estimate of drug-likeness (QED) is 0.754. The molecule has 6 heteroatoms. The second-order valence-corrected chi connectivity index (χ2v) is 5.55. The molecule has 2 aromatic heterocycles. The molecule has 0 aliphatic heterocycles. The zero-order chi connectivity index (χ0) is 13.4. The molecule has 1 amide bonds. The highest BCUT2D eigenvalue weighted by atomic mass is 35.5. The number of carbonyl (C=O) groups is 1. The standard InChI is InChI=1S/C13H10ClN3OS/c1-7-6-15-17-12(7)16-13(18)11-10(14)8-4-2-3-5-9(8)19-11/h2-6H,1H3,(H2,15,16,17,18). The normalized spacial score (nSPS) is 10.8. The summed E-state index contributed by atoms with van der Waals surface area (Å²) in [6, 6.07) is 7.69. The lowest BCUT2D eigenvalue weighted by Crippen LogP contribution is -2.11. The summed E-state index contributed by atoms with van der Waals surface area (Å²) in [7, 11) is 0. The van der Waals surface area contributed by atoms with Gasteiger partial charge >= 0.3 is 0 Å². The second kappa shape index (κ2) is 4.68. The molecule has 0 unspecified atom stereocenters. The van der Waals surface area contributed by atoms with E-state index >= 15 is 0 Å². The molecule has 3 rings (SSSR count). The van der Waals surface area contributed by atoms with Crippen LogP contribution >= 0.6 is 22.9 Å². The number of halogens is 1. The first-order valence-electron chi connectivity index (χ1n) is 5.65. The van der Waals surface area contributed by atoms with Crippen molar-refractivity contribution in [3.63, 3.8) is 0 Å². The van der Waals surface area contributed by atoms with Gasteiger partial charge in [-0.05, 0) is 13.0 Å². The van der Waals surface area contributed by atoms with Crippen LogP contribution in [0, 0.1) is 6.92 Å². The first-order chi connectivity index (χ1) is 9.16. The van der Waals surface area contributed by atoms with Gasteiger partial charge in [0.15, 0.2) is 0 Å². The minimum atomic E-state index is -0.224. The van der Waals surface area contributed by atoms with Crippen LogP contribution in [0.4, 0.5) is 5.82 Å². The van der Waals surface area contributed by atoms with Crippen molar-refractivity contribution in [3.05, 3.63) is 45.9 Å². The maximum Gasteiger partial charge on any atom is 0.268 e. The van der Waals surface area contributed by atoms with Crippen LogP contribution < -0.4 is 5.32 Å². The molecule has 0 fully saturated rings. The minimum absolute atomic E-state index is 0.224. The van der Waals surface area contributed by atoms with E-state index in [0.29, 0.717) is 15.7 Å². The third-order valence-corrected chi connectivity index (χ3v) is 4.48. The Balaban J connectivity index is 1.98. The lowest BCUT2D eigenvalue weighted by Gasteiger charge is -2.01. The Labute approximate surface area is 118 Å². The molecule has 4 nitrogen and oxygen atoms in total. The molecule has 0 spiro atoms. The fourth-order valence-electron chi connectivity index (χ4n) is 1.80. The Morgan fingerprint density at radius 2 is 2.21 bits per heavy atom. The summed E-state index contributed by atoms with van der Waals surface area (Å²) in [4.78, 5) is 12.7. The number of carbonyl (C=O) groups excluding carboxylic acids is 1. The fraction of sp³-hybridized carbons (Fsp3) is 0.0769. The zero-order valence-corrected chi connectivity index (χ0v) is 11.6. The molecule has 0 radical (unpaired) electrons. The van der Waals surface area contributed by atoms with Crippen LogP contribution in [0.15, 0.2) is 30.5 Å². The van der Waals surface area contributed by atoms with E-state index in [1.54, 1.807) is 6.20 Å². The van der Waals surface area contributed by atoms with Crippen LogP contribution in [0.25, 0.3) is 10.1 Å². The van der Waals surface area contributed by atoms with E-state index in [0.717, 1.165) is 15.6 Å². The smallest absolute Gasteiger partial charge is 0.268 e. The van der Waals surface area contributed by atoms with Crippen molar-refractivity contribution >= 4 is 44.7 Å². The van der Waals surface area contributed by atoms with E-state index in [4.69, 9.17) is 11.6 Å². The van der Waals surface area contributed by atoms with Crippen molar-refractivity contribution < 1.29 is 4.79 Å². The number of H-pyrrole nitrogens is 1. The van der Waals surface area contributed by atoms with Gasteiger partial charge in [0.1, 0.15) is 10.7 Å². The first kappa shape index (κ1) is 12.2. The SMILES string of the molecule is Cc1cn[nH]c1NC(=O)c1sc2ccccc2c1Cl. The number of hydrogen-bond acceptors (Lipinski definition) is 3. The van der Waals surface area contributed by atoms with Crippen LogP contribution in [0.1, 0.15) is 15.2 Å². The number of rotatable bonds is 2. The van der Waals surface area contributed by atoms with Gasteiger partial charge in [0.25, 0.3) is 5.91 Å². The Bertz CT molecular complexity index is 762. The van der Waals surface area contributed by atoms with Gasteiger partial charge in [-0.1, -0.05) is 29.8 Å². The minimum Gasteiger partial charge on any atom is -0.306 e. The fourth-order valence-corrected chi connectivity index (χ4v) is 3.22. The maximum absolute atomic E-state index is 12.2. The van der Waals surface area contributed by atoms with E-state index in [1.807, 2.05) is 31.2 Å². The number of aryl methyl sites for hydroxylation is 1. The number of nitrogens with zero attached hydrogens (tertiary/aromatic N) is 1. The van der Waals surface area contributed by atoms with Crippen molar-refractivity contribution in [1.29, 1.82) is 0 Å². The number of benzene rings is 1. The molecule has 0 atom stereocenters. The highest BCUT2D eigenvalue weighted by Crippen LogP contribution is 2.35. The maximum atomic E-state index is 12.2. The number of amides is 1. The van der Waals surface area contributed by atoms with Crippen molar-refractivity contribution in [2.45, 2.75) is 6.92 Å². The number of thiophene rings is 1. The lowest BCUT2D eigenvalue weighted by molar-refractivity contribution is 0.103. The molecule has 96 valence electrons. The molecule has 0 aliphatic carbocycles.